The first kappa shape index (κ1) is 12.0. The van der Waals surface area contributed by atoms with Gasteiger partial charge in [0.1, 0.15) is 7.85 Å². The van der Waals surface area contributed by atoms with E-state index in [0.717, 1.165) is 0 Å². The number of hydrogen-bond acceptors (Lipinski definition) is 2. The van der Waals surface area contributed by atoms with Crippen molar-refractivity contribution in [2.45, 2.75) is 39.9 Å². The van der Waals surface area contributed by atoms with Gasteiger partial charge in [-0.2, -0.15) is 0 Å². The highest BCUT2D eigenvalue weighted by molar-refractivity contribution is 6.34. The number of benzene rings is 1. The molecule has 0 fully saturated rings. The molecule has 0 bridgehead atoms. The highest BCUT2D eigenvalue weighted by Gasteiger charge is 2.10. The quantitative estimate of drug-likeness (QED) is 0.699. The average molecular weight is 204 g/mol. The molecule has 0 heterocycles. The van der Waals surface area contributed by atoms with E-state index in [1.54, 1.807) is 0 Å². The molecular weight excluding hydrogens is 187 g/mol. The third kappa shape index (κ3) is 3.50. The van der Waals surface area contributed by atoms with Crippen molar-refractivity contribution in [1.29, 1.82) is 0 Å². The molecule has 0 aliphatic carbocycles. The van der Waals surface area contributed by atoms with Gasteiger partial charge in [-0.25, -0.2) is 0 Å². The standard InChI is InChI=1S/C12H17BO2/c1-8(2)14-11-7-5-6-10(13)12(11)15-9(3)4/h5-9H,1-4H3. The van der Waals surface area contributed by atoms with Crippen LogP contribution in [0, 0.1) is 0 Å². The smallest absolute Gasteiger partial charge is 0.160 e. The minimum atomic E-state index is 0.0872. The number of para-hydroxylation sites is 1. The third-order valence-electron chi connectivity index (χ3n) is 1.73. The Hall–Kier alpha value is -1.12. The molecule has 1 aromatic carbocycles. The van der Waals surface area contributed by atoms with E-state index in [4.69, 9.17) is 17.3 Å². The van der Waals surface area contributed by atoms with Gasteiger partial charge in [-0.05, 0) is 33.8 Å². The molecule has 15 heavy (non-hydrogen) atoms. The van der Waals surface area contributed by atoms with Gasteiger partial charge in [0.15, 0.2) is 11.5 Å². The molecule has 0 atom stereocenters. The second-order valence-corrected chi connectivity index (χ2v) is 4.01. The predicted octanol–water partition coefficient (Wildman–Crippen LogP) is 2.05. The number of ether oxygens (including phenoxy) is 2. The molecule has 3 heteroatoms. The molecular formula is C12H17BO2. The molecule has 0 saturated heterocycles. The molecule has 0 unspecified atom stereocenters. The second kappa shape index (κ2) is 5.10. The van der Waals surface area contributed by atoms with Gasteiger partial charge in [0.25, 0.3) is 0 Å². The van der Waals surface area contributed by atoms with Gasteiger partial charge in [-0.15, -0.1) is 0 Å². The van der Waals surface area contributed by atoms with E-state index in [1.165, 1.54) is 0 Å². The zero-order valence-corrected chi connectivity index (χ0v) is 9.78. The minimum absolute atomic E-state index is 0.0872. The van der Waals surface area contributed by atoms with Gasteiger partial charge < -0.3 is 9.47 Å². The summed E-state index contributed by atoms with van der Waals surface area (Å²) in [5.74, 6) is 1.35. The van der Waals surface area contributed by atoms with Crippen molar-refractivity contribution < 1.29 is 9.47 Å². The van der Waals surface area contributed by atoms with Crippen LogP contribution in [0.3, 0.4) is 0 Å². The largest absolute Gasteiger partial charge is 0.488 e. The average Bonchev–Trinajstić information content (AvgIpc) is 2.09. The number of rotatable bonds is 4. The van der Waals surface area contributed by atoms with Crippen LogP contribution < -0.4 is 14.9 Å². The summed E-state index contributed by atoms with van der Waals surface area (Å²) in [6.07, 6.45) is 0.200. The summed E-state index contributed by atoms with van der Waals surface area (Å²) in [6, 6.07) is 5.54. The van der Waals surface area contributed by atoms with Crippen LogP contribution in [0.15, 0.2) is 18.2 Å². The van der Waals surface area contributed by atoms with Crippen molar-refractivity contribution in [3.8, 4) is 11.5 Å². The zero-order valence-electron chi connectivity index (χ0n) is 9.78. The normalized spacial score (nSPS) is 10.8. The van der Waals surface area contributed by atoms with Crippen LogP contribution in [-0.4, -0.2) is 20.1 Å². The summed E-state index contributed by atoms with van der Waals surface area (Å²) < 4.78 is 11.2. The van der Waals surface area contributed by atoms with E-state index in [1.807, 2.05) is 45.9 Å². The Morgan fingerprint density at radius 3 is 2.13 bits per heavy atom. The fourth-order valence-corrected chi connectivity index (χ4v) is 1.24. The van der Waals surface area contributed by atoms with E-state index in [9.17, 15) is 0 Å². The van der Waals surface area contributed by atoms with E-state index in [0.29, 0.717) is 17.0 Å². The lowest BCUT2D eigenvalue weighted by Gasteiger charge is -2.18. The summed E-state index contributed by atoms with van der Waals surface area (Å²) in [5, 5.41) is 0. The molecule has 2 radical (unpaired) electrons. The van der Waals surface area contributed by atoms with Crippen molar-refractivity contribution in [2.24, 2.45) is 0 Å². The van der Waals surface area contributed by atoms with Crippen molar-refractivity contribution in [2.75, 3.05) is 0 Å². The predicted molar refractivity (Wildman–Crippen MR) is 63.4 cm³/mol. The molecule has 0 aromatic heterocycles. The highest BCUT2D eigenvalue weighted by Crippen LogP contribution is 2.26. The molecule has 80 valence electrons. The van der Waals surface area contributed by atoms with Crippen molar-refractivity contribution in [3.05, 3.63) is 18.2 Å². The minimum Gasteiger partial charge on any atom is -0.488 e. The Bertz CT molecular complexity index is 321. The zero-order chi connectivity index (χ0) is 11.4. The maximum atomic E-state index is 5.84. The van der Waals surface area contributed by atoms with Crippen LogP contribution in [0.2, 0.25) is 0 Å². The summed E-state index contributed by atoms with van der Waals surface area (Å²) in [5.41, 5.74) is 0.613. The summed E-state index contributed by atoms with van der Waals surface area (Å²) >= 11 is 0. The summed E-state index contributed by atoms with van der Waals surface area (Å²) in [4.78, 5) is 0. The molecule has 0 saturated carbocycles. The lowest BCUT2D eigenvalue weighted by Crippen LogP contribution is -2.17. The van der Waals surface area contributed by atoms with Gasteiger partial charge in [0, 0.05) is 0 Å². The maximum Gasteiger partial charge on any atom is 0.160 e. The molecule has 0 N–H and O–H groups in total. The van der Waals surface area contributed by atoms with Gasteiger partial charge >= 0.3 is 0 Å². The molecule has 0 aliphatic rings. The van der Waals surface area contributed by atoms with Gasteiger partial charge in [-0.3, -0.25) is 0 Å². The van der Waals surface area contributed by atoms with E-state index < -0.39 is 0 Å². The lowest BCUT2D eigenvalue weighted by molar-refractivity contribution is 0.200. The van der Waals surface area contributed by atoms with Crippen LogP contribution in [0.5, 0.6) is 11.5 Å². The van der Waals surface area contributed by atoms with Crippen molar-refractivity contribution in [1.82, 2.24) is 0 Å². The number of hydrogen-bond donors (Lipinski definition) is 0. The monoisotopic (exact) mass is 204 g/mol. The fourth-order valence-electron chi connectivity index (χ4n) is 1.24. The van der Waals surface area contributed by atoms with E-state index in [-0.39, 0.29) is 12.2 Å². The highest BCUT2D eigenvalue weighted by atomic mass is 16.5. The van der Waals surface area contributed by atoms with Crippen LogP contribution in [0.4, 0.5) is 0 Å². The Morgan fingerprint density at radius 2 is 1.60 bits per heavy atom. The summed E-state index contributed by atoms with van der Waals surface area (Å²) in [6.45, 7) is 7.88. The van der Waals surface area contributed by atoms with E-state index >= 15 is 0 Å². The van der Waals surface area contributed by atoms with Crippen LogP contribution >= 0.6 is 0 Å². The molecule has 1 aromatic rings. The van der Waals surface area contributed by atoms with Gasteiger partial charge in [-0.1, -0.05) is 17.6 Å². The topological polar surface area (TPSA) is 18.5 Å². The maximum absolute atomic E-state index is 5.84. The Labute approximate surface area is 93.0 Å². The van der Waals surface area contributed by atoms with Crippen LogP contribution in [0.25, 0.3) is 0 Å². The van der Waals surface area contributed by atoms with Crippen molar-refractivity contribution in [3.63, 3.8) is 0 Å². The molecule has 0 spiro atoms. The van der Waals surface area contributed by atoms with Crippen molar-refractivity contribution >= 4 is 13.3 Å². The third-order valence-corrected chi connectivity index (χ3v) is 1.73. The lowest BCUT2D eigenvalue weighted by atomic mass is 9.94. The van der Waals surface area contributed by atoms with Gasteiger partial charge in [0.2, 0.25) is 0 Å². The molecule has 2 nitrogen and oxygen atoms in total. The SMILES string of the molecule is [B]c1cccc(OC(C)C)c1OC(C)C. The molecule has 1 rings (SSSR count). The first-order chi connectivity index (χ1) is 7.00. The second-order valence-electron chi connectivity index (χ2n) is 4.01. The molecule has 0 aliphatic heterocycles. The molecule has 0 amide bonds. The van der Waals surface area contributed by atoms with Crippen LogP contribution in [0.1, 0.15) is 27.7 Å². The Balaban J connectivity index is 2.97. The van der Waals surface area contributed by atoms with Crippen LogP contribution in [-0.2, 0) is 0 Å². The Kier molecular flexibility index (Phi) is 4.07. The van der Waals surface area contributed by atoms with Gasteiger partial charge in [0.05, 0.1) is 12.2 Å². The first-order valence-corrected chi connectivity index (χ1v) is 5.22. The van der Waals surface area contributed by atoms with E-state index in [2.05, 4.69) is 0 Å². The fraction of sp³-hybridized carbons (Fsp3) is 0.500. The Morgan fingerprint density at radius 1 is 1.00 bits per heavy atom. The summed E-state index contributed by atoms with van der Waals surface area (Å²) in [7, 11) is 5.84. The first-order valence-electron chi connectivity index (χ1n) is 5.22.